The highest BCUT2D eigenvalue weighted by atomic mass is 16.6. The van der Waals surface area contributed by atoms with E-state index in [1.807, 2.05) is 12.1 Å². The lowest BCUT2D eigenvalue weighted by atomic mass is 10.0. The number of hydrogen-bond acceptors (Lipinski definition) is 5. The molecule has 0 fully saturated rings. The molecule has 1 aromatic carbocycles. The maximum Gasteiger partial charge on any atom is 0.407 e. The van der Waals surface area contributed by atoms with Gasteiger partial charge in [0.15, 0.2) is 0 Å². The average molecular weight is 420 g/mol. The topological polar surface area (TPSA) is 73.9 Å². The molecular weight excluding hydrogens is 382 g/mol. The Bertz CT molecular complexity index is 627. The van der Waals surface area contributed by atoms with Crippen LogP contribution in [0.2, 0.25) is 0 Å². The molecule has 1 N–H and O–H groups in total. The molecule has 168 valence electrons. The number of hydrogen-bond donors (Lipinski definition) is 1. The number of ether oxygens (including phenoxy) is 3. The minimum absolute atomic E-state index is 0.0719. The van der Waals surface area contributed by atoms with Crippen LogP contribution in [0, 0.1) is 0 Å². The number of carbonyl (C=O) groups excluding carboxylic acids is 2. The molecule has 0 aromatic heterocycles. The van der Waals surface area contributed by atoms with E-state index in [0.717, 1.165) is 12.2 Å². The van der Waals surface area contributed by atoms with Crippen LogP contribution in [0.5, 0.6) is 5.75 Å². The van der Waals surface area contributed by atoms with E-state index in [1.165, 1.54) is 50.5 Å². The molecule has 0 saturated carbocycles. The van der Waals surface area contributed by atoms with Crippen molar-refractivity contribution in [2.75, 3.05) is 26.4 Å². The molecule has 30 heavy (non-hydrogen) atoms. The van der Waals surface area contributed by atoms with Crippen LogP contribution in [0.3, 0.4) is 0 Å². The Hall–Kier alpha value is -2.50. The van der Waals surface area contributed by atoms with Gasteiger partial charge in [0.1, 0.15) is 25.6 Å². The number of benzene rings is 1. The van der Waals surface area contributed by atoms with Gasteiger partial charge in [0.2, 0.25) is 0 Å². The first-order valence-electron chi connectivity index (χ1n) is 11.0. The third-order valence-corrected chi connectivity index (χ3v) is 4.53. The second-order valence-corrected chi connectivity index (χ2v) is 7.34. The first-order chi connectivity index (χ1) is 14.5. The number of alkyl carbamates (subject to hydrolysis) is 1. The lowest BCUT2D eigenvalue weighted by Crippen LogP contribution is -2.29. The fourth-order valence-corrected chi connectivity index (χ4v) is 2.80. The smallest absolute Gasteiger partial charge is 0.407 e. The summed E-state index contributed by atoms with van der Waals surface area (Å²) in [6, 6.07) is 8.08. The maximum absolute atomic E-state index is 11.5. The highest BCUT2D eigenvalue weighted by Gasteiger charge is 2.05. The largest absolute Gasteiger partial charge is 0.490 e. The lowest BCUT2D eigenvalue weighted by Gasteiger charge is -2.09. The molecular formula is C24H37NO5. The zero-order valence-corrected chi connectivity index (χ0v) is 18.5. The van der Waals surface area contributed by atoms with Crippen molar-refractivity contribution in [3.05, 3.63) is 42.0 Å². The Morgan fingerprint density at radius 3 is 2.23 bits per heavy atom. The highest BCUT2D eigenvalue weighted by molar-refractivity contribution is 5.86. The molecule has 0 spiro atoms. The zero-order valence-electron chi connectivity index (χ0n) is 18.5. The van der Waals surface area contributed by atoms with E-state index < -0.39 is 12.1 Å². The van der Waals surface area contributed by atoms with Gasteiger partial charge in [-0.1, -0.05) is 64.2 Å². The Labute approximate surface area is 181 Å². The molecule has 0 bridgehead atoms. The molecule has 6 nitrogen and oxygen atoms in total. The number of esters is 1. The molecule has 1 amide bonds. The normalized spacial score (nSPS) is 10.3. The predicted molar refractivity (Wildman–Crippen MR) is 119 cm³/mol. The molecule has 0 aliphatic rings. The number of carbonyl (C=O) groups is 2. The standard InChI is InChI=1S/C24H37NO5/c1-4-5-6-7-8-9-10-11-21-12-14-22(15-13-21)28-18-19-30-24(27)25-16-17-29-23(26)20(2)3/h12-15H,2,4-11,16-19H2,1,3H3,(H,25,27). The van der Waals surface area contributed by atoms with Crippen LogP contribution in [0.25, 0.3) is 0 Å². The van der Waals surface area contributed by atoms with Crippen molar-refractivity contribution in [1.29, 1.82) is 0 Å². The number of nitrogens with one attached hydrogen (secondary N) is 1. The minimum Gasteiger partial charge on any atom is -0.490 e. The summed E-state index contributed by atoms with van der Waals surface area (Å²) in [6.45, 7) is 7.94. The van der Waals surface area contributed by atoms with Gasteiger partial charge < -0.3 is 19.5 Å². The fraction of sp³-hybridized carbons (Fsp3) is 0.583. The van der Waals surface area contributed by atoms with Crippen molar-refractivity contribution in [1.82, 2.24) is 5.32 Å². The van der Waals surface area contributed by atoms with E-state index in [0.29, 0.717) is 5.57 Å². The molecule has 6 heteroatoms. The average Bonchev–Trinajstić information content (AvgIpc) is 2.74. The molecule has 0 radical (unpaired) electrons. The third kappa shape index (κ3) is 12.9. The van der Waals surface area contributed by atoms with E-state index >= 15 is 0 Å². The van der Waals surface area contributed by atoms with Gasteiger partial charge in [0, 0.05) is 5.57 Å². The van der Waals surface area contributed by atoms with Gasteiger partial charge in [-0.25, -0.2) is 9.59 Å². The van der Waals surface area contributed by atoms with Gasteiger partial charge in [0.25, 0.3) is 0 Å². The van der Waals surface area contributed by atoms with Crippen molar-refractivity contribution < 1.29 is 23.8 Å². The molecule has 1 aromatic rings. The van der Waals surface area contributed by atoms with Crippen LogP contribution in [-0.4, -0.2) is 38.4 Å². The van der Waals surface area contributed by atoms with Gasteiger partial charge in [-0.3, -0.25) is 0 Å². The van der Waals surface area contributed by atoms with E-state index in [-0.39, 0.29) is 26.4 Å². The van der Waals surface area contributed by atoms with Gasteiger partial charge in [-0.05, 0) is 37.5 Å². The van der Waals surface area contributed by atoms with Crippen LogP contribution >= 0.6 is 0 Å². The molecule has 1 rings (SSSR count). The SMILES string of the molecule is C=C(C)C(=O)OCCNC(=O)OCCOc1ccc(CCCCCCCCC)cc1. The molecule has 0 aliphatic heterocycles. The van der Waals surface area contributed by atoms with E-state index in [1.54, 1.807) is 6.92 Å². The second-order valence-electron chi connectivity index (χ2n) is 7.34. The van der Waals surface area contributed by atoms with Crippen molar-refractivity contribution >= 4 is 12.1 Å². The number of amides is 1. The van der Waals surface area contributed by atoms with Crippen molar-refractivity contribution in [2.45, 2.75) is 65.2 Å². The van der Waals surface area contributed by atoms with E-state index in [2.05, 4.69) is 31.0 Å². The number of rotatable bonds is 16. The monoisotopic (exact) mass is 419 g/mol. The molecule has 0 unspecified atom stereocenters. The van der Waals surface area contributed by atoms with Crippen molar-refractivity contribution in [3.8, 4) is 5.75 Å². The van der Waals surface area contributed by atoms with Crippen LogP contribution in [0.4, 0.5) is 4.79 Å². The van der Waals surface area contributed by atoms with Gasteiger partial charge in [-0.2, -0.15) is 0 Å². The fourth-order valence-electron chi connectivity index (χ4n) is 2.80. The highest BCUT2D eigenvalue weighted by Crippen LogP contribution is 2.15. The number of unbranched alkanes of at least 4 members (excludes halogenated alkanes) is 6. The number of aryl methyl sites for hydroxylation is 1. The summed E-state index contributed by atoms with van der Waals surface area (Å²) in [5.41, 5.74) is 1.64. The molecule has 0 atom stereocenters. The second kappa shape index (κ2) is 16.3. The third-order valence-electron chi connectivity index (χ3n) is 4.53. The maximum atomic E-state index is 11.5. The first-order valence-corrected chi connectivity index (χ1v) is 11.0. The Morgan fingerprint density at radius 2 is 1.57 bits per heavy atom. The van der Waals surface area contributed by atoms with Crippen LogP contribution < -0.4 is 10.1 Å². The van der Waals surface area contributed by atoms with E-state index in [4.69, 9.17) is 14.2 Å². The van der Waals surface area contributed by atoms with Crippen molar-refractivity contribution in [2.24, 2.45) is 0 Å². The molecule has 0 heterocycles. The van der Waals surface area contributed by atoms with Gasteiger partial charge in [0.05, 0.1) is 6.54 Å². The van der Waals surface area contributed by atoms with Gasteiger partial charge >= 0.3 is 12.1 Å². The Morgan fingerprint density at radius 1 is 0.900 bits per heavy atom. The van der Waals surface area contributed by atoms with Gasteiger partial charge in [-0.15, -0.1) is 0 Å². The Balaban J connectivity index is 2.05. The summed E-state index contributed by atoms with van der Waals surface area (Å²) in [6.07, 6.45) is 9.72. The van der Waals surface area contributed by atoms with E-state index in [9.17, 15) is 9.59 Å². The summed E-state index contributed by atoms with van der Waals surface area (Å²) in [7, 11) is 0. The van der Waals surface area contributed by atoms with Crippen LogP contribution in [-0.2, 0) is 20.7 Å². The summed E-state index contributed by atoms with van der Waals surface area (Å²) in [5, 5.41) is 2.50. The molecule has 0 saturated heterocycles. The zero-order chi connectivity index (χ0) is 22.0. The molecule has 0 aliphatic carbocycles. The lowest BCUT2D eigenvalue weighted by molar-refractivity contribution is -0.138. The first kappa shape index (κ1) is 25.5. The quantitative estimate of drug-likeness (QED) is 0.226. The Kier molecular flexibility index (Phi) is 13.9. The minimum atomic E-state index is -0.574. The predicted octanol–water partition coefficient (Wildman–Crippen LogP) is 5.20. The summed E-state index contributed by atoms with van der Waals surface area (Å²) in [4.78, 5) is 22.7. The summed E-state index contributed by atoms with van der Waals surface area (Å²) < 4.78 is 15.5. The van der Waals surface area contributed by atoms with Crippen LogP contribution in [0.15, 0.2) is 36.4 Å². The summed E-state index contributed by atoms with van der Waals surface area (Å²) in [5.74, 6) is 0.279. The summed E-state index contributed by atoms with van der Waals surface area (Å²) >= 11 is 0. The van der Waals surface area contributed by atoms with Crippen LogP contribution in [0.1, 0.15) is 64.4 Å². The van der Waals surface area contributed by atoms with Crippen molar-refractivity contribution in [3.63, 3.8) is 0 Å².